The average molecular weight is 154 g/mol. The monoisotopic (exact) mass is 154 g/mol. The molecule has 0 saturated heterocycles. The number of carbonyl (C=O) groups is 2. The van der Waals surface area contributed by atoms with Crippen LogP contribution in [0.4, 0.5) is 0 Å². The number of rotatable bonds is 3. The molecule has 2 nitrogen and oxygen atoms in total. The molecular formula is C9H14O2. The number of hydrogen-bond acceptors (Lipinski definition) is 2. The Morgan fingerprint density at radius 2 is 2.45 bits per heavy atom. The molecule has 11 heavy (non-hydrogen) atoms. The van der Waals surface area contributed by atoms with E-state index >= 15 is 0 Å². The molecule has 1 fully saturated rings. The van der Waals surface area contributed by atoms with E-state index in [1.54, 1.807) is 0 Å². The Morgan fingerprint density at radius 1 is 1.73 bits per heavy atom. The number of hydrogen-bond donors (Lipinski definition) is 0. The molecule has 1 rings (SSSR count). The van der Waals surface area contributed by atoms with Crippen LogP contribution in [0.25, 0.3) is 0 Å². The minimum Gasteiger partial charge on any atom is -0.303 e. The molecular weight excluding hydrogens is 140 g/mol. The van der Waals surface area contributed by atoms with Crippen molar-refractivity contribution in [3.05, 3.63) is 0 Å². The van der Waals surface area contributed by atoms with Gasteiger partial charge in [0.2, 0.25) is 0 Å². The van der Waals surface area contributed by atoms with Crippen LogP contribution in [-0.4, -0.2) is 12.1 Å². The van der Waals surface area contributed by atoms with E-state index in [0.717, 1.165) is 19.1 Å². The molecule has 0 aromatic carbocycles. The zero-order valence-corrected chi connectivity index (χ0v) is 6.88. The first-order valence-corrected chi connectivity index (χ1v) is 4.19. The van der Waals surface area contributed by atoms with Crippen molar-refractivity contribution < 1.29 is 9.59 Å². The number of aldehydes is 1. The van der Waals surface area contributed by atoms with E-state index in [4.69, 9.17) is 0 Å². The van der Waals surface area contributed by atoms with Gasteiger partial charge in [-0.2, -0.15) is 0 Å². The van der Waals surface area contributed by atoms with Gasteiger partial charge in [0.25, 0.3) is 0 Å². The Balaban J connectivity index is 2.36. The Hall–Kier alpha value is -0.660. The zero-order valence-electron chi connectivity index (χ0n) is 6.88. The summed E-state index contributed by atoms with van der Waals surface area (Å²) in [6, 6.07) is 0. The molecule has 2 atom stereocenters. The highest BCUT2D eigenvalue weighted by atomic mass is 16.1. The van der Waals surface area contributed by atoms with Gasteiger partial charge in [-0.25, -0.2) is 0 Å². The van der Waals surface area contributed by atoms with Crippen molar-refractivity contribution in [3.63, 3.8) is 0 Å². The van der Waals surface area contributed by atoms with Gasteiger partial charge in [-0.15, -0.1) is 0 Å². The molecule has 0 radical (unpaired) electrons. The summed E-state index contributed by atoms with van der Waals surface area (Å²) in [5.74, 6) is 1.25. The van der Waals surface area contributed by atoms with Crippen LogP contribution in [0.2, 0.25) is 0 Å². The minimum atomic E-state index is 0.368. The van der Waals surface area contributed by atoms with E-state index in [2.05, 4.69) is 6.92 Å². The summed E-state index contributed by atoms with van der Waals surface area (Å²) in [4.78, 5) is 21.0. The fourth-order valence-electron chi connectivity index (χ4n) is 1.67. The first-order valence-electron chi connectivity index (χ1n) is 4.19. The first-order chi connectivity index (χ1) is 5.24. The molecule has 0 heterocycles. The summed E-state index contributed by atoms with van der Waals surface area (Å²) in [6.45, 7) is 2.05. The molecule has 0 aliphatic heterocycles. The maximum Gasteiger partial charge on any atom is 0.133 e. The van der Waals surface area contributed by atoms with Gasteiger partial charge in [-0.05, 0) is 18.3 Å². The quantitative estimate of drug-likeness (QED) is 0.578. The number of Topliss-reactive ketones (excluding diaryl/α,β-unsaturated/α-hetero) is 1. The summed E-state index contributed by atoms with van der Waals surface area (Å²) >= 11 is 0. The van der Waals surface area contributed by atoms with Gasteiger partial charge in [0.05, 0.1) is 0 Å². The van der Waals surface area contributed by atoms with Gasteiger partial charge < -0.3 is 4.79 Å². The first kappa shape index (κ1) is 8.44. The van der Waals surface area contributed by atoms with E-state index in [0.29, 0.717) is 30.5 Å². The maximum atomic E-state index is 10.9. The van der Waals surface area contributed by atoms with E-state index in [-0.39, 0.29) is 0 Å². The molecule has 1 saturated carbocycles. The molecule has 0 aromatic heterocycles. The molecule has 0 N–H and O–H groups in total. The molecule has 0 bridgehead atoms. The average Bonchev–Trinajstić information content (AvgIpc) is 2.36. The van der Waals surface area contributed by atoms with Gasteiger partial charge in [0.15, 0.2) is 0 Å². The molecule has 0 aromatic rings. The Labute approximate surface area is 67.0 Å². The molecule has 1 aliphatic carbocycles. The Kier molecular flexibility index (Phi) is 2.80. The summed E-state index contributed by atoms with van der Waals surface area (Å²) in [5.41, 5.74) is 0. The largest absolute Gasteiger partial charge is 0.303 e. The Morgan fingerprint density at radius 3 is 2.91 bits per heavy atom. The van der Waals surface area contributed by atoms with Crippen molar-refractivity contribution in [2.45, 2.75) is 32.6 Å². The van der Waals surface area contributed by atoms with Gasteiger partial charge in [0.1, 0.15) is 12.1 Å². The molecule has 0 amide bonds. The highest BCUT2D eigenvalue weighted by Gasteiger charge is 2.26. The topological polar surface area (TPSA) is 34.1 Å². The molecule has 1 aliphatic rings. The fraction of sp³-hybridized carbons (Fsp3) is 0.778. The highest BCUT2D eigenvalue weighted by Crippen LogP contribution is 2.30. The molecule has 0 spiro atoms. The SMILES string of the molecule is C[C@@H](CC=O)[C@H]1CCC(=O)C1. The number of carbonyl (C=O) groups excluding carboxylic acids is 2. The maximum absolute atomic E-state index is 10.9. The van der Waals surface area contributed by atoms with Gasteiger partial charge >= 0.3 is 0 Å². The molecule has 62 valence electrons. The predicted octanol–water partition coefficient (Wildman–Crippen LogP) is 1.58. The predicted molar refractivity (Wildman–Crippen MR) is 42.2 cm³/mol. The third kappa shape index (κ3) is 2.14. The van der Waals surface area contributed by atoms with E-state index in [1.807, 2.05) is 0 Å². The van der Waals surface area contributed by atoms with Gasteiger partial charge in [-0.1, -0.05) is 6.92 Å². The number of ketones is 1. The summed E-state index contributed by atoms with van der Waals surface area (Å²) in [7, 11) is 0. The van der Waals surface area contributed by atoms with Gasteiger partial charge in [-0.3, -0.25) is 4.79 Å². The van der Waals surface area contributed by atoms with Crippen LogP contribution in [0.1, 0.15) is 32.6 Å². The van der Waals surface area contributed by atoms with Crippen molar-refractivity contribution in [1.29, 1.82) is 0 Å². The van der Waals surface area contributed by atoms with Crippen molar-refractivity contribution in [2.24, 2.45) is 11.8 Å². The lowest BCUT2D eigenvalue weighted by atomic mass is 9.90. The second-order valence-corrected chi connectivity index (χ2v) is 3.42. The van der Waals surface area contributed by atoms with Crippen LogP contribution in [0.15, 0.2) is 0 Å². The smallest absolute Gasteiger partial charge is 0.133 e. The van der Waals surface area contributed by atoms with Crippen LogP contribution in [0.5, 0.6) is 0 Å². The van der Waals surface area contributed by atoms with E-state index < -0.39 is 0 Å². The summed E-state index contributed by atoms with van der Waals surface area (Å²) < 4.78 is 0. The second kappa shape index (κ2) is 3.65. The van der Waals surface area contributed by atoms with E-state index in [1.165, 1.54) is 0 Å². The van der Waals surface area contributed by atoms with Crippen molar-refractivity contribution in [3.8, 4) is 0 Å². The third-order valence-corrected chi connectivity index (χ3v) is 2.56. The second-order valence-electron chi connectivity index (χ2n) is 3.42. The van der Waals surface area contributed by atoms with Crippen LogP contribution in [0, 0.1) is 11.8 Å². The van der Waals surface area contributed by atoms with Crippen LogP contribution < -0.4 is 0 Å². The van der Waals surface area contributed by atoms with Crippen molar-refractivity contribution >= 4 is 12.1 Å². The van der Waals surface area contributed by atoms with Crippen molar-refractivity contribution in [1.82, 2.24) is 0 Å². The summed E-state index contributed by atoms with van der Waals surface area (Å²) in [5, 5.41) is 0. The van der Waals surface area contributed by atoms with Crippen LogP contribution >= 0.6 is 0 Å². The van der Waals surface area contributed by atoms with Crippen LogP contribution in [0.3, 0.4) is 0 Å². The van der Waals surface area contributed by atoms with Crippen molar-refractivity contribution in [2.75, 3.05) is 0 Å². The molecule has 2 heteroatoms. The van der Waals surface area contributed by atoms with E-state index in [9.17, 15) is 9.59 Å². The lowest BCUT2D eigenvalue weighted by molar-refractivity contribution is -0.118. The Bertz CT molecular complexity index is 163. The highest BCUT2D eigenvalue weighted by molar-refractivity contribution is 5.80. The lowest BCUT2D eigenvalue weighted by Gasteiger charge is -2.14. The van der Waals surface area contributed by atoms with Crippen LogP contribution in [-0.2, 0) is 9.59 Å². The molecule has 0 unspecified atom stereocenters. The lowest BCUT2D eigenvalue weighted by Crippen LogP contribution is -2.08. The zero-order chi connectivity index (χ0) is 8.27. The normalized spacial score (nSPS) is 27.0. The standard InChI is InChI=1S/C9H14O2/c1-7(4-5-10)8-2-3-9(11)6-8/h5,7-8H,2-4,6H2,1H3/t7-,8-/m0/s1. The summed E-state index contributed by atoms with van der Waals surface area (Å²) in [6.07, 6.45) is 3.99. The minimum absolute atomic E-state index is 0.368. The third-order valence-electron chi connectivity index (χ3n) is 2.56. The van der Waals surface area contributed by atoms with Gasteiger partial charge in [0, 0.05) is 19.3 Å². The fourth-order valence-corrected chi connectivity index (χ4v) is 1.67.